The second-order valence-corrected chi connectivity index (χ2v) is 1.64. The Hall–Kier alpha value is 0.992. The molecular formula is C5H9CsO4. The molecule has 5 heteroatoms. The van der Waals surface area contributed by atoms with Crippen molar-refractivity contribution < 1.29 is 90.1 Å². The maximum absolute atomic E-state index is 9.99. The summed E-state index contributed by atoms with van der Waals surface area (Å²) in [5.74, 6) is -3.79. The van der Waals surface area contributed by atoms with Gasteiger partial charge in [-0.2, -0.15) is 0 Å². The average molecular weight is 266 g/mol. The van der Waals surface area contributed by atoms with Crippen molar-refractivity contribution in [3.63, 3.8) is 0 Å². The Balaban J connectivity index is -0.000000320. The van der Waals surface area contributed by atoms with Gasteiger partial charge in [0.15, 0.2) is 5.92 Å². The van der Waals surface area contributed by atoms with Crippen LogP contribution in [0, 0.1) is 5.92 Å². The minimum atomic E-state index is -1.27. The van der Waals surface area contributed by atoms with Crippen LogP contribution in [0.15, 0.2) is 0 Å². The second-order valence-electron chi connectivity index (χ2n) is 1.64. The molecule has 0 aromatic heterocycles. The van der Waals surface area contributed by atoms with Gasteiger partial charge in [-0.3, -0.25) is 9.59 Å². The molecule has 10 heavy (non-hydrogen) atoms. The van der Waals surface area contributed by atoms with E-state index in [1.54, 1.807) is 0 Å². The summed E-state index contributed by atoms with van der Waals surface area (Å²) >= 11 is 0. The predicted octanol–water partition coefficient (Wildman–Crippen LogP) is -2.70. The monoisotopic (exact) mass is 266 g/mol. The Bertz CT molecular complexity index is 124. The van der Waals surface area contributed by atoms with E-state index in [9.17, 15) is 9.59 Å². The first kappa shape index (κ1) is 13.6. The van der Waals surface area contributed by atoms with Crippen LogP contribution in [0.4, 0.5) is 0 Å². The van der Waals surface area contributed by atoms with Crippen molar-refractivity contribution in [2.45, 2.75) is 13.3 Å². The fourth-order valence-corrected chi connectivity index (χ4v) is 0.455. The van der Waals surface area contributed by atoms with Crippen molar-refractivity contribution in [3.8, 4) is 0 Å². The molecular weight excluding hydrogens is 257 g/mol. The van der Waals surface area contributed by atoms with Gasteiger partial charge < -0.3 is 11.6 Å². The van der Waals surface area contributed by atoms with Crippen LogP contribution in [0.3, 0.4) is 0 Å². The first-order valence-corrected chi connectivity index (χ1v) is 2.55. The van der Waals surface area contributed by atoms with Crippen LogP contribution < -0.4 is 68.9 Å². The summed E-state index contributed by atoms with van der Waals surface area (Å²) in [5.41, 5.74) is 0. The fraction of sp³-hybridized carbons (Fsp3) is 0.600. The van der Waals surface area contributed by atoms with E-state index in [-0.39, 0.29) is 76.7 Å². The van der Waals surface area contributed by atoms with Crippen molar-refractivity contribution in [3.05, 3.63) is 0 Å². The van der Waals surface area contributed by atoms with Gasteiger partial charge >= 0.3 is 80.8 Å². The summed E-state index contributed by atoms with van der Waals surface area (Å²) in [4.78, 5) is 20.0. The molecule has 0 atom stereocenters. The van der Waals surface area contributed by atoms with E-state index in [0.717, 1.165) is 0 Å². The molecule has 0 aliphatic heterocycles. The van der Waals surface area contributed by atoms with Crippen LogP contribution in [0.25, 0.3) is 0 Å². The van der Waals surface area contributed by atoms with Crippen molar-refractivity contribution in [1.82, 2.24) is 0 Å². The summed E-state index contributed by atoms with van der Waals surface area (Å²) in [6.07, 6.45) is 0.130. The Labute approximate surface area is 119 Å². The third kappa shape index (κ3) is 4.75. The van der Waals surface area contributed by atoms with Crippen LogP contribution in [0.1, 0.15) is 14.8 Å². The van der Waals surface area contributed by atoms with Gasteiger partial charge in [0, 0.05) is 0 Å². The molecule has 0 aliphatic rings. The molecule has 54 valence electrons. The molecule has 0 fully saturated rings. The Morgan fingerprint density at radius 2 is 1.70 bits per heavy atom. The van der Waals surface area contributed by atoms with Crippen molar-refractivity contribution in [2.75, 3.05) is 0 Å². The molecule has 2 N–H and O–H groups in total. The van der Waals surface area contributed by atoms with Gasteiger partial charge in [-0.15, -0.1) is 0 Å². The quantitative estimate of drug-likeness (QED) is 0.545. The van der Waals surface area contributed by atoms with E-state index < -0.39 is 17.9 Å². The molecule has 0 unspecified atom stereocenters. The van der Waals surface area contributed by atoms with E-state index in [0.29, 0.717) is 0 Å². The molecule has 0 aromatic rings. The average Bonchev–Trinajstić information content (AvgIpc) is 1.64. The summed E-state index contributed by atoms with van der Waals surface area (Å²) in [7, 11) is 0. The van der Waals surface area contributed by atoms with Gasteiger partial charge in [0.1, 0.15) is 0 Å². The smallest absolute Gasteiger partial charge is 1.00 e. The largest absolute Gasteiger partial charge is 1.00 e. The van der Waals surface area contributed by atoms with E-state index in [2.05, 4.69) is 0 Å². The number of aliphatic carboxylic acids is 2. The molecule has 0 aromatic carbocycles. The third-order valence-electron chi connectivity index (χ3n) is 1.00. The van der Waals surface area contributed by atoms with Gasteiger partial charge in [-0.1, -0.05) is 6.92 Å². The topological polar surface area (TPSA) is 74.6 Å². The summed E-state index contributed by atoms with van der Waals surface area (Å²) in [6, 6.07) is 0. The van der Waals surface area contributed by atoms with Crippen LogP contribution in [-0.2, 0) is 9.59 Å². The van der Waals surface area contributed by atoms with Gasteiger partial charge in [0.05, 0.1) is 0 Å². The molecule has 4 nitrogen and oxygen atoms in total. The zero-order valence-corrected chi connectivity index (χ0v) is 12.3. The molecule has 0 radical (unpaired) electrons. The van der Waals surface area contributed by atoms with Crippen LogP contribution >= 0.6 is 0 Å². The van der Waals surface area contributed by atoms with Gasteiger partial charge in [-0.05, 0) is 6.42 Å². The Morgan fingerprint density at radius 1 is 1.40 bits per heavy atom. The molecule has 0 aliphatic carbocycles. The SMILES string of the molecule is CCC(C(=O)O)C(=O)O.[Cs+].[H-]. The summed E-state index contributed by atoms with van der Waals surface area (Å²) < 4.78 is 0. The molecule has 0 heterocycles. The molecule has 0 rings (SSSR count). The van der Waals surface area contributed by atoms with E-state index in [4.69, 9.17) is 10.2 Å². The minimum absolute atomic E-state index is 0. The fourth-order valence-electron chi connectivity index (χ4n) is 0.455. The number of hydrogen-bond donors (Lipinski definition) is 2. The molecule has 0 saturated carbocycles. The Kier molecular flexibility index (Phi) is 9.08. The summed E-state index contributed by atoms with van der Waals surface area (Å²) in [6.45, 7) is 1.52. The zero-order valence-electron chi connectivity index (χ0n) is 7.00. The molecule has 0 amide bonds. The zero-order chi connectivity index (χ0) is 7.44. The standard InChI is InChI=1S/C5H8O4.Cs.H/c1-2-3(4(6)7)5(8)9;;/h3H,2H2,1H3,(H,6,7)(H,8,9);;/q;+1;-1. The molecule has 0 spiro atoms. The maximum Gasteiger partial charge on any atom is 1.00 e. The first-order chi connectivity index (χ1) is 4.09. The number of hydrogen-bond acceptors (Lipinski definition) is 2. The third-order valence-corrected chi connectivity index (χ3v) is 1.00. The number of carbonyl (C=O) groups is 2. The Morgan fingerprint density at radius 3 is 1.70 bits per heavy atom. The van der Waals surface area contributed by atoms with Crippen molar-refractivity contribution in [1.29, 1.82) is 0 Å². The van der Waals surface area contributed by atoms with E-state index in [1.807, 2.05) is 0 Å². The summed E-state index contributed by atoms with van der Waals surface area (Å²) in [5, 5.41) is 16.3. The van der Waals surface area contributed by atoms with Gasteiger partial charge in [-0.25, -0.2) is 0 Å². The number of rotatable bonds is 3. The van der Waals surface area contributed by atoms with E-state index in [1.165, 1.54) is 6.92 Å². The van der Waals surface area contributed by atoms with Crippen molar-refractivity contribution in [2.24, 2.45) is 5.92 Å². The molecule has 0 bridgehead atoms. The van der Waals surface area contributed by atoms with Crippen LogP contribution in [0.5, 0.6) is 0 Å². The minimum Gasteiger partial charge on any atom is -1.00 e. The van der Waals surface area contributed by atoms with Crippen molar-refractivity contribution >= 4 is 11.9 Å². The second kappa shape index (κ2) is 6.69. The normalized spacial score (nSPS) is 8.60. The first-order valence-electron chi connectivity index (χ1n) is 2.55. The van der Waals surface area contributed by atoms with Gasteiger partial charge in [0.25, 0.3) is 0 Å². The number of carboxylic acids is 2. The number of carboxylic acid groups (broad SMARTS) is 2. The molecule has 0 saturated heterocycles. The van der Waals surface area contributed by atoms with Gasteiger partial charge in [0.2, 0.25) is 0 Å². The predicted molar refractivity (Wildman–Crippen MR) is 30.2 cm³/mol. The van der Waals surface area contributed by atoms with Crippen LogP contribution in [0.2, 0.25) is 0 Å². The van der Waals surface area contributed by atoms with E-state index >= 15 is 0 Å². The maximum atomic E-state index is 9.99. The van der Waals surface area contributed by atoms with Crippen LogP contribution in [-0.4, -0.2) is 22.2 Å².